The summed E-state index contributed by atoms with van der Waals surface area (Å²) in [7, 11) is 0. The number of hydrogen-bond donors (Lipinski definition) is 2. The van der Waals surface area contributed by atoms with E-state index in [4.69, 9.17) is 9.47 Å². The van der Waals surface area contributed by atoms with E-state index in [0.29, 0.717) is 30.9 Å². The summed E-state index contributed by atoms with van der Waals surface area (Å²) in [5, 5.41) is 5.80. The third-order valence-corrected chi connectivity index (χ3v) is 5.72. The minimum atomic E-state index is -0.220. The fourth-order valence-electron chi connectivity index (χ4n) is 4.02. The van der Waals surface area contributed by atoms with E-state index in [1.165, 1.54) is 0 Å². The number of ether oxygens (including phenoxy) is 2. The van der Waals surface area contributed by atoms with Crippen LogP contribution in [0.3, 0.4) is 0 Å². The number of pyridine rings is 1. The largest absolute Gasteiger partial charge is 0.376 e. The summed E-state index contributed by atoms with van der Waals surface area (Å²) >= 11 is 0. The predicted molar refractivity (Wildman–Crippen MR) is 120 cm³/mol. The zero-order valence-electron chi connectivity index (χ0n) is 18.2. The highest BCUT2D eigenvalue weighted by Crippen LogP contribution is 2.19. The van der Waals surface area contributed by atoms with Gasteiger partial charge in [-0.3, -0.25) is 9.78 Å². The molecule has 1 aromatic heterocycles. The Morgan fingerprint density at radius 2 is 1.75 bits per heavy atom. The molecule has 2 saturated heterocycles. The molecule has 8 nitrogen and oxygen atoms in total. The average molecular weight is 439 g/mol. The van der Waals surface area contributed by atoms with Crippen LogP contribution in [0.4, 0.5) is 10.5 Å². The summed E-state index contributed by atoms with van der Waals surface area (Å²) < 4.78 is 11.5. The van der Waals surface area contributed by atoms with Crippen LogP contribution in [-0.4, -0.2) is 60.3 Å². The number of benzene rings is 1. The number of rotatable bonds is 8. The topological polar surface area (TPSA) is 92.8 Å². The zero-order chi connectivity index (χ0) is 22.2. The summed E-state index contributed by atoms with van der Waals surface area (Å²) in [4.78, 5) is 31.6. The second-order valence-corrected chi connectivity index (χ2v) is 8.19. The van der Waals surface area contributed by atoms with Crippen molar-refractivity contribution >= 4 is 17.6 Å². The lowest BCUT2D eigenvalue weighted by molar-refractivity contribution is 0.0524. The Bertz CT molecular complexity index is 878. The van der Waals surface area contributed by atoms with E-state index in [2.05, 4.69) is 15.6 Å². The van der Waals surface area contributed by atoms with Gasteiger partial charge in [-0.05, 0) is 56.0 Å². The van der Waals surface area contributed by atoms with Crippen LogP contribution in [0.1, 0.15) is 41.7 Å². The van der Waals surface area contributed by atoms with Crippen LogP contribution >= 0.6 is 0 Å². The lowest BCUT2D eigenvalue weighted by Gasteiger charge is -2.28. The number of urea groups is 1. The van der Waals surface area contributed by atoms with Crippen molar-refractivity contribution in [2.45, 2.75) is 44.4 Å². The maximum Gasteiger partial charge on any atom is 0.322 e. The third kappa shape index (κ3) is 6.27. The fraction of sp³-hybridized carbons (Fsp3) is 0.458. The molecule has 0 spiro atoms. The molecule has 0 aliphatic carbocycles. The number of nitrogens with zero attached hydrogens (tertiary/aromatic N) is 2. The molecule has 0 unspecified atom stereocenters. The van der Waals surface area contributed by atoms with E-state index in [-0.39, 0.29) is 24.1 Å². The number of amides is 3. The Morgan fingerprint density at radius 1 is 1.00 bits per heavy atom. The molecule has 2 N–H and O–H groups in total. The van der Waals surface area contributed by atoms with E-state index >= 15 is 0 Å². The molecule has 2 aliphatic rings. The summed E-state index contributed by atoms with van der Waals surface area (Å²) in [6, 6.07) is 12.3. The molecule has 2 atom stereocenters. The number of carbonyl (C=O) groups is 2. The van der Waals surface area contributed by atoms with Crippen LogP contribution in [-0.2, 0) is 16.0 Å². The Kier molecular flexibility index (Phi) is 7.68. The SMILES string of the molecule is O=C(NCc1ccccn1)c1cccc(NC(=O)N(C[C@H]2CCCO2)C[C@@H]2CCCO2)c1. The van der Waals surface area contributed by atoms with Crippen molar-refractivity contribution in [1.29, 1.82) is 0 Å². The maximum atomic E-state index is 13.1. The first-order valence-corrected chi connectivity index (χ1v) is 11.2. The average Bonchev–Trinajstić information content (AvgIpc) is 3.52. The molecule has 0 radical (unpaired) electrons. The van der Waals surface area contributed by atoms with Crippen molar-refractivity contribution in [3.8, 4) is 0 Å². The number of anilines is 1. The molecule has 8 heteroatoms. The van der Waals surface area contributed by atoms with Gasteiger partial charge in [0.25, 0.3) is 5.91 Å². The molecular formula is C24H30N4O4. The molecule has 170 valence electrons. The minimum Gasteiger partial charge on any atom is -0.376 e. The van der Waals surface area contributed by atoms with Gasteiger partial charge in [-0.2, -0.15) is 0 Å². The quantitative estimate of drug-likeness (QED) is 0.660. The van der Waals surface area contributed by atoms with Gasteiger partial charge in [0, 0.05) is 43.8 Å². The van der Waals surface area contributed by atoms with Crippen LogP contribution in [0.5, 0.6) is 0 Å². The van der Waals surface area contributed by atoms with Gasteiger partial charge in [-0.1, -0.05) is 12.1 Å². The highest BCUT2D eigenvalue weighted by molar-refractivity contribution is 5.96. The number of carbonyl (C=O) groups excluding carboxylic acids is 2. The van der Waals surface area contributed by atoms with Gasteiger partial charge >= 0.3 is 6.03 Å². The van der Waals surface area contributed by atoms with Crippen molar-refractivity contribution in [2.75, 3.05) is 31.6 Å². The maximum absolute atomic E-state index is 13.1. The lowest BCUT2D eigenvalue weighted by Crippen LogP contribution is -2.44. The van der Waals surface area contributed by atoms with Crippen molar-refractivity contribution in [3.63, 3.8) is 0 Å². The first-order chi connectivity index (χ1) is 15.7. The third-order valence-electron chi connectivity index (χ3n) is 5.72. The van der Waals surface area contributed by atoms with E-state index in [0.717, 1.165) is 44.6 Å². The molecule has 3 amide bonds. The first-order valence-electron chi connectivity index (χ1n) is 11.2. The molecule has 32 heavy (non-hydrogen) atoms. The Labute approximate surface area is 188 Å². The smallest absolute Gasteiger partial charge is 0.322 e. The van der Waals surface area contributed by atoms with Gasteiger partial charge in [0.05, 0.1) is 24.4 Å². The van der Waals surface area contributed by atoms with Crippen LogP contribution in [0, 0.1) is 0 Å². The van der Waals surface area contributed by atoms with Gasteiger partial charge in [0.2, 0.25) is 0 Å². The molecule has 2 aliphatic heterocycles. The highest BCUT2D eigenvalue weighted by Gasteiger charge is 2.27. The fourth-order valence-corrected chi connectivity index (χ4v) is 4.02. The zero-order valence-corrected chi connectivity index (χ0v) is 18.2. The number of nitrogens with one attached hydrogen (secondary N) is 2. The van der Waals surface area contributed by atoms with E-state index in [9.17, 15) is 9.59 Å². The Balaban J connectivity index is 1.37. The van der Waals surface area contributed by atoms with Crippen LogP contribution in [0.25, 0.3) is 0 Å². The number of hydrogen-bond acceptors (Lipinski definition) is 5. The molecule has 4 rings (SSSR count). The van der Waals surface area contributed by atoms with E-state index < -0.39 is 0 Å². The molecule has 2 fully saturated rings. The van der Waals surface area contributed by atoms with Gasteiger partial charge in [-0.25, -0.2) is 4.79 Å². The summed E-state index contributed by atoms with van der Waals surface area (Å²) in [5.74, 6) is -0.220. The van der Waals surface area contributed by atoms with E-state index in [1.54, 1.807) is 35.4 Å². The standard InChI is InChI=1S/C24H30N4O4/c29-23(26-15-20-7-1-2-11-25-20)18-6-3-8-19(14-18)27-24(30)28(16-21-9-4-12-31-21)17-22-10-5-13-32-22/h1-3,6-8,11,14,21-22H,4-5,9-10,12-13,15-17H2,(H,26,29)(H,27,30)/t21-,22+. The Morgan fingerprint density at radius 3 is 2.38 bits per heavy atom. The predicted octanol–water partition coefficient (Wildman–Crippen LogP) is 3.20. The van der Waals surface area contributed by atoms with Crippen molar-refractivity contribution in [1.82, 2.24) is 15.2 Å². The monoisotopic (exact) mass is 438 g/mol. The molecule has 3 heterocycles. The molecule has 2 aromatic rings. The van der Waals surface area contributed by atoms with Crippen molar-refractivity contribution < 1.29 is 19.1 Å². The minimum absolute atomic E-state index is 0.0610. The molecule has 1 aromatic carbocycles. The highest BCUT2D eigenvalue weighted by atomic mass is 16.5. The van der Waals surface area contributed by atoms with Crippen molar-refractivity contribution in [2.24, 2.45) is 0 Å². The van der Waals surface area contributed by atoms with Crippen LogP contribution in [0.2, 0.25) is 0 Å². The normalized spacial score (nSPS) is 20.1. The summed E-state index contributed by atoms with van der Waals surface area (Å²) in [6.07, 6.45) is 5.78. The van der Waals surface area contributed by atoms with Crippen LogP contribution in [0.15, 0.2) is 48.7 Å². The van der Waals surface area contributed by atoms with Crippen molar-refractivity contribution in [3.05, 3.63) is 59.9 Å². The lowest BCUT2D eigenvalue weighted by atomic mass is 10.2. The van der Waals surface area contributed by atoms with E-state index in [1.807, 2.05) is 18.2 Å². The second-order valence-electron chi connectivity index (χ2n) is 8.19. The Hall–Kier alpha value is -2.97. The van der Waals surface area contributed by atoms with Gasteiger partial charge in [0.15, 0.2) is 0 Å². The summed E-state index contributed by atoms with van der Waals surface area (Å²) in [6.45, 7) is 2.91. The molecule has 0 saturated carbocycles. The first kappa shape index (κ1) is 22.2. The summed E-state index contributed by atoms with van der Waals surface area (Å²) in [5.41, 5.74) is 1.83. The number of aromatic nitrogens is 1. The van der Waals surface area contributed by atoms with Crippen LogP contribution < -0.4 is 10.6 Å². The van der Waals surface area contributed by atoms with Gasteiger partial charge in [0.1, 0.15) is 0 Å². The molecular weight excluding hydrogens is 408 g/mol. The van der Waals surface area contributed by atoms with Gasteiger partial charge < -0.3 is 25.0 Å². The van der Waals surface area contributed by atoms with Gasteiger partial charge in [-0.15, -0.1) is 0 Å². The second kappa shape index (κ2) is 11.1. The molecule has 0 bridgehead atoms.